The van der Waals surface area contributed by atoms with Crippen LogP contribution in [0, 0.1) is 0 Å². The molecule has 624 valence electrons. The molecular weight excluding hydrogens is 1620 g/mol. The van der Waals surface area contributed by atoms with Gasteiger partial charge in [0.25, 0.3) is 0 Å². The fraction of sp³-hybridized carbons (Fsp3) is 0.0154. The number of benzene rings is 22. The smallest absolute Gasteiger partial charge is 0.0714 e. The Hall–Kier alpha value is -17.4. The molecule has 0 saturated carbocycles. The van der Waals surface area contributed by atoms with Crippen molar-refractivity contribution in [2.75, 3.05) is 0 Å². The van der Waals surface area contributed by atoms with Gasteiger partial charge in [-0.15, -0.1) is 0 Å². The number of aromatic nitrogens is 4. The minimum Gasteiger partial charge on any atom is -0.309 e. The molecule has 0 unspecified atom stereocenters. The standard InChI is InChI=1S/2C65H42N2/c1-4-16-43(17-5-1)45-28-33-51(34-29-45)66-61-27-15-13-25-54(61)56-39-47(31-36-62(56)66)48-32-37-63-57(40-48)58-41-60-55(42-64(58)67(63)52-35-30-44-18-10-11-19-46(44)38-52)53-24-12-14-26-59(53)65(60,49-20-6-2-7-21-49)50-22-8-3-9-23-50;1-4-16-43(17-5-1)45-28-33-51(34-29-45)66-61-27-15-13-25-54(61)56-39-47(31-36-62(56)66)48-32-37-63-57(40-48)58-41-55-53-24-12-14-26-59(53)65(49-20-6-2-7-21-49,50-22-8-3-9-23-50)60(55)42-64(58)67(63)52-35-30-44-18-10-11-19-46(44)38-52/h2*1-42H. The molecule has 4 heterocycles. The van der Waals surface area contributed by atoms with Gasteiger partial charge in [0.1, 0.15) is 0 Å². The highest BCUT2D eigenvalue weighted by Crippen LogP contribution is 2.60. The van der Waals surface area contributed by atoms with Crippen molar-refractivity contribution in [3.8, 4) is 89.5 Å². The van der Waals surface area contributed by atoms with Gasteiger partial charge in [-0.1, -0.05) is 376 Å². The first-order chi connectivity index (χ1) is 66.4. The molecule has 28 rings (SSSR count). The molecule has 4 aromatic heterocycles. The SMILES string of the molecule is c1ccc(-c2ccc(-n3c4ccccc4c4cc(-c5ccc6c(c5)c5cc7c(cc5n6-c5ccc6ccccc6c5)-c5ccccc5C7(c5ccccc5)c5ccccc5)ccc43)cc2)cc1.c1ccc(-c2ccc(-n3c4ccccc4c4cc(-c5ccc6c(c5)c5cc7c(cc5n6-c5ccc6ccccc6c5)C(c5ccccc5)(c5ccccc5)c5ccccc5-7)ccc43)cc2)cc1. The summed E-state index contributed by atoms with van der Waals surface area (Å²) in [5, 5.41) is 14.8. The summed E-state index contributed by atoms with van der Waals surface area (Å²) in [4.78, 5) is 0. The van der Waals surface area contributed by atoms with Gasteiger partial charge in [0.05, 0.1) is 55.0 Å². The average molecular weight is 1700 g/mol. The molecule has 0 radical (unpaired) electrons. The second-order valence-electron chi connectivity index (χ2n) is 36.1. The zero-order valence-corrected chi connectivity index (χ0v) is 73.3. The lowest BCUT2D eigenvalue weighted by Crippen LogP contribution is -2.28. The fourth-order valence-electron chi connectivity index (χ4n) is 23.2. The second-order valence-corrected chi connectivity index (χ2v) is 36.1. The van der Waals surface area contributed by atoms with Crippen molar-refractivity contribution < 1.29 is 0 Å². The number of hydrogen-bond donors (Lipinski definition) is 0. The third kappa shape index (κ3) is 11.8. The van der Waals surface area contributed by atoms with E-state index in [1.807, 2.05) is 0 Å². The van der Waals surface area contributed by atoms with E-state index in [-0.39, 0.29) is 0 Å². The molecule has 134 heavy (non-hydrogen) atoms. The molecular formula is C130H84N4. The highest BCUT2D eigenvalue weighted by molar-refractivity contribution is 6.17. The van der Waals surface area contributed by atoms with Crippen molar-refractivity contribution in [2.24, 2.45) is 0 Å². The van der Waals surface area contributed by atoms with Crippen LogP contribution in [0.1, 0.15) is 44.5 Å². The van der Waals surface area contributed by atoms with Crippen LogP contribution < -0.4 is 0 Å². The van der Waals surface area contributed by atoms with Gasteiger partial charge in [0.15, 0.2) is 0 Å². The van der Waals surface area contributed by atoms with Crippen LogP contribution in [0.25, 0.3) is 198 Å². The van der Waals surface area contributed by atoms with Crippen LogP contribution in [0.3, 0.4) is 0 Å². The maximum Gasteiger partial charge on any atom is 0.0714 e. The van der Waals surface area contributed by atoms with Gasteiger partial charge in [-0.2, -0.15) is 0 Å². The number of para-hydroxylation sites is 2. The highest BCUT2D eigenvalue weighted by atomic mass is 15.0. The Morgan fingerprint density at radius 3 is 0.799 bits per heavy atom. The summed E-state index contributed by atoms with van der Waals surface area (Å²) < 4.78 is 9.82. The van der Waals surface area contributed by atoms with Crippen LogP contribution in [0.5, 0.6) is 0 Å². The number of fused-ring (bicyclic) bond motifs is 20. The van der Waals surface area contributed by atoms with Gasteiger partial charge >= 0.3 is 0 Å². The Kier molecular flexibility index (Phi) is 17.5. The van der Waals surface area contributed by atoms with E-state index >= 15 is 0 Å². The Morgan fingerprint density at radius 1 is 0.127 bits per heavy atom. The lowest BCUT2D eigenvalue weighted by atomic mass is 9.67. The molecule has 4 nitrogen and oxygen atoms in total. The molecule has 0 N–H and O–H groups in total. The largest absolute Gasteiger partial charge is 0.309 e. The highest BCUT2D eigenvalue weighted by Gasteiger charge is 2.48. The third-order valence-corrected chi connectivity index (χ3v) is 29.1. The number of nitrogens with zero attached hydrogens (tertiary/aromatic N) is 4. The molecule has 0 fully saturated rings. The van der Waals surface area contributed by atoms with E-state index in [2.05, 4.69) is 528 Å². The van der Waals surface area contributed by atoms with E-state index in [0.717, 1.165) is 22.7 Å². The summed E-state index contributed by atoms with van der Waals surface area (Å²) in [5.74, 6) is 0. The molecule has 2 aliphatic rings. The Morgan fingerprint density at radius 2 is 0.396 bits per heavy atom. The maximum absolute atomic E-state index is 2.54. The van der Waals surface area contributed by atoms with Gasteiger partial charge in [0.2, 0.25) is 0 Å². The molecule has 2 aliphatic carbocycles. The molecule has 4 heteroatoms. The maximum atomic E-state index is 2.54. The van der Waals surface area contributed by atoms with Gasteiger partial charge in [-0.05, 0) is 266 Å². The lowest BCUT2D eigenvalue weighted by Gasteiger charge is -2.34. The van der Waals surface area contributed by atoms with Crippen molar-refractivity contribution in [3.63, 3.8) is 0 Å². The summed E-state index contributed by atoms with van der Waals surface area (Å²) in [6.45, 7) is 0. The van der Waals surface area contributed by atoms with E-state index in [4.69, 9.17) is 0 Å². The quantitative estimate of drug-likeness (QED) is 0.116. The zero-order chi connectivity index (χ0) is 88.1. The van der Waals surface area contributed by atoms with E-state index in [1.165, 1.54) is 220 Å². The van der Waals surface area contributed by atoms with E-state index in [0.29, 0.717) is 0 Å². The minimum absolute atomic E-state index is 0.501. The molecule has 0 amide bonds. The van der Waals surface area contributed by atoms with Gasteiger partial charge in [-0.25, -0.2) is 0 Å². The minimum atomic E-state index is -0.503. The van der Waals surface area contributed by atoms with Crippen molar-refractivity contribution in [2.45, 2.75) is 10.8 Å². The van der Waals surface area contributed by atoms with E-state index in [1.54, 1.807) is 0 Å². The fourth-order valence-corrected chi connectivity index (χ4v) is 23.2. The predicted molar refractivity (Wildman–Crippen MR) is 562 cm³/mol. The lowest BCUT2D eigenvalue weighted by molar-refractivity contribution is 0.769. The second kappa shape index (κ2) is 30.6. The van der Waals surface area contributed by atoms with Crippen LogP contribution in [-0.2, 0) is 10.8 Å². The van der Waals surface area contributed by atoms with Crippen molar-refractivity contribution in [1.29, 1.82) is 0 Å². The molecule has 22 aromatic carbocycles. The molecule has 0 atom stereocenters. The van der Waals surface area contributed by atoms with E-state index in [9.17, 15) is 0 Å². The molecule has 0 saturated heterocycles. The van der Waals surface area contributed by atoms with Crippen molar-refractivity contribution in [1.82, 2.24) is 18.3 Å². The summed E-state index contributed by atoms with van der Waals surface area (Å²) in [5.41, 5.74) is 38.3. The Bertz CT molecular complexity index is 9110. The zero-order valence-electron chi connectivity index (χ0n) is 73.3. The Labute approximate surface area is 776 Å². The molecule has 26 aromatic rings. The molecule has 0 aliphatic heterocycles. The predicted octanol–water partition coefficient (Wildman–Crippen LogP) is 33.5. The molecule has 0 bridgehead atoms. The van der Waals surface area contributed by atoms with Crippen LogP contribution in [0.2, 0.25) is 0 Å². The average Bonchev–Trinajstić information content (AvgIpc) is 1.53. The van der Waals surface area contributed by atoms with Crippen LogP contribution in [0.4, 0.5) is 0 Å². The summed E-state index contributed by atoms with van der Waals surface area (Å²) in [7, 11) is 0. The first-order valence-corrected chi connectivity index (χ1v) is 46.5. The topological polar surface area (TPSA) is 19.7 Å². The number of rotatable bonds is 12. The normalized spacial score (nSPS) is 12.9. The summed E-state index contributed by atoms with van der Waals surface area (Å²) in [6, 6.07) is 189. The number of hydrogen-bond acceptors (Lipinski definition) is 0. The monoisotopic (exact) mass is 1700 g/mol. The van der Waals surface area contributed by atoms with Crippen molar-refractivity contribution in [3.05, 3.63) is 554 Å². The summed E-state index contributed by atoms with van der Waals surface area (Å²) >= 11 is 0. The summed E-state index contributed by atoms with van der Waals surface area (Å²) in [6.07, 6.45) is 0. The third-order valence-electron chi connectivity index (χ3n) is 29.1. The van der Waals surface area contributed by atoms with Gasteiger partial charge in [0, 0.05) is 65.8 Å². The van der Waals surface area contributed by atoms with Crippen LogP contribution >= 0.6 is 0 Å². The molecule has 0 spiro atoms. The van der Waals surface area contributed by atoms with E-state index < -0.39 is 10.8 Å². The first kappa shape index (κ1) is 76.6. The van der Waals surface area contributed by atoms with Crippen molar-refractivity contribution >= 4 is 109 Å². The first-order valence-electron chi connectivity index (χ1n) is 46.5. The van der Waals surface area contributed by atoms with Gasteiger partial charge in [-0.3, -0.25) is 0 Å². The Balaban J connectivity index is 0.000000136. The van der Waals surface area contributed by atoms with Crippen LogP contribution in [0.15, 0.2) is 510 Å². The van der Waals surface area contributed by atoms with Gasteiger partial charge < -0.3 is 18.3 Å². The van der Waals surface area contributed by atoms with Crippen LogP contribution in [-0.4, -0.2) is 18.3 Å².